The van der Waals surface area contributed by atoms with Gasteiger partial charge in [0.2, 0.25) is 0 Å². The Bertz CT molecular complexity index is 647. The lowest BCUT2D eigenvalue weighted by Crippen LogP contribution is -2.31. The maximum absolute atomic E-state index is 12.2. The van der Waals surface area contributed by atoms with Crippen LogP contribution in [-0.2, 0) is 9.59 Å². The molecule has 0 saturated carbocycles. The van der Waals surface area contributed by atoms with E-state index in [0.29, 0.717) is 21.7 Å². The predicted octanol–water partition coefficient (Wildman–Crippen LogP) is 4.19. The van der Waals surface area contributed by atoms with Crippen molar-refractivity contribution in [1.29, 1.82) is 0 Å². The van der Waals surface area contributed by atoms with Crippen molar-refractivity contribution in [2.24, 2.45) is 5.92 Å². The van der Waals surface area contributed by atoms with E-state index in [1.807, 2.05) is 48.6 Å². The average Bonchev–Trinajstić information content (AvgIpc) is 2.75. The van der Waals surface area contributed by atoms with Crippen molar-refractivity contribution < 1.29 is 14.7 Å². The molecule has 0 aliphatic carbocycles. The highest BCUT2D eigenvalue weighted by molar-refractivity contribution is 8.26. The summed E-state index contributed by atoms with van der Waals surface area (Å²) < 4.78 is 0.656. The van der Waals surface area contributed by atoms with Gasteiger partial charge in [-0.25, -0.2) is 0 Å². The summed E-state index contributed by atoms with van der Waals surface area (Å²) in [5, 5.41) is 7.42. The van der Waals surface area contributed by atoms with Crippen molar-refractivity contribution in [1.82, 2.24) is 4.90 Å². The van der Waals surface area contributed by atoms with Gasteiger partial charge >= 0.3 is 0 Å². The number of carbonyl (C=O) groups is 2. The molecule has 1 amide bonds. The Kier molecular flexibility index (Phi) is 8.43. The molecule has 1 fully saturated rings. The van der Waals surface area contributed by atoms with Crippen molar-refractivity contribution in [3.63, 3.8) is 0 Å². The first-order chi connectivity index (χ1) is 11.3. The summed E-state index contributed by atoms with van der Waals surface area (Å²) in [6.45, 7) is 5.93. The Labute approximate surface area is 152 Å². The molecule has 2 rings (SSSR count). The molecular weight excluding hydrogens is 342 g/mol. The number of hydrogen-bond donors (Lipinski definition) is 1. The molecule has 0 spiro atoms. The Hall–Kier alpha value is -1.92. The smallest absolute Gasteiger partial charge is 0.300 e. The number of carbonyl (C=O) groups excluding carboxylic acids is 1. The Morgan fingerprint density at radius 1 is 1.33 bits per heavy atom. The van der Waals surface area contributed by atoms with Crippen LogP contribution in [0.15, 0.2) is 47.4 Å². The van der Waals surface area contributed by atoms with Gasteiger partial charge in [0.05, 0.1) is 4.91 Å². The summed E-state index contributed by atoms with van der Waals surface area (Å²) in [4.78, 5) is 23.6. The van der Waals surface area contributed by atoms with Gasteiger partial charge in [-0.1, -0.05) is 80.3 Å². The number of thiocarbonyl (C=S) groups is 1. The largest absolute Gasteiger partial charge is 0.481 e. The molecule has 0 unspecified atom stereocenters. The SMILES string of the molecule is CC(=O)O.CC(C)CN1C(=O)C(=CC=Cc2ccccc2)SC1=S. The summed E-state index contributed by atoms with van der Waals surface area (Å²) >= 11 is 6.64. The molecule has 4 nitrogen and oxygen atoms in total. The monoisotopic (exact) mass is 363 g/mol. The first-order valence-corrected chi connectivity index (χ1v) is 8.70. The average molecular weight is 364 g/mol. The van der Waals surface area contributed by atoms with E-state index in [-0.39, 0.29) is 5.91 Å². The number of rotatable bonds is 4. The number of allylic oxidation sites excluding steroid dienone is 2. The minimum Gasteiger partial charge on any atom is -0.481 e. The second-order valence-electron chi connectivity index (χ2n) is 5.50. The third kappa shape index (κ3) is 7.10. The minimum atomic E-state index is -0.833. The fourth-order valence-electron chi connectivity index (χ4n) is 1.85. The molecule has 6 heteroatoms. The fourth-order valence-corrected chi connectivity index (χ4v) is 3.07. The Morgan fingerprint density at radius 2 is 1.92 bits per heavy atom. The van der Waals surface area contributed by atoms with Gasteiger partial charge in [0.25, 0.3) is 11.9 Å². The van der Waals surface area contributed by atoms with E-state index in [2.05, 4.69) is 13.8 Å². The van der Waals surface area contributed by atoms with E-state index in [4.69, 9.17) is 22.1 Å². The fraction of sp³-hybridized carbons (Fsp3) is 0.278. The highest BCUT2D eigenvalue weighted by Gasteiger charge is 2.31. The van der Waals surface area contributed by atoms with Crippen LogP contribution in [0.25, 0.3) is 6.08 Å². The molecule has 0 radical (unpaired) electrons. The van der Waals surface area contributed by atoms with Crippen LogP contribution in [0.3, 0.4) is 0 Å². The number of aliphatic carboxylic acids is 1. The first-order valence-electron chi connectivity index (χ1n) is 7.48. The molecular formula is C18H21NO3S2. The number of hydrogen-bond acceptors (Lipinski definition) is 4. The lowest BCUT2D eigenvalue weighted by Gasteiger charge is -2.16. The molecule has 1 aliphatic heterocycles. The highest BCUT2D eigenvalue weighted by Crippen LogP contribution is 2.31. The normalized spacial score (nSPS) is 16.0. The zero-order valence-corrected chi connectivity index (χ0v) is 15.6. The Morgan fingerprint density at radius 3 is 2.46 bits per heavy atom. The summed E-state index contributed by atoms with van der Waals surface area (Å²) in [6, 6.07) is 10.0. The van der Waals surface area contributed by atoms with Gasteiger partial charge in [0.1, 0.15) is 4.32 Å². The maximum atomic E-state index is 12.2. The van der Waals surface area contributed by atoms with Crippen LogP contribution in [0.5, 0.6) is 0 Å². The zero-order valence-electron chi connectivity index (χ0n) is 13.9. The zero-order chi connectivity index (χ0) is 18.1. The van der Waals surface area contributed by atoms with Gasteiger partial charge in [0, 0.05) is 13.5 Å². The van der Waals surface area contributed by atoms with Gasteiger partial charge in [-0.15, -0.1) is 0 Å². The van der Waals surface area contributed by atoms with Gasteiger partial charge in [-0.05, 0) is 17.6 Å². The minimum absolute atomic E-state index is 0.0198. The van der Waals surface area contributed by atoms with Crippen molar-refractivity contribution in [2.45, 2.75) is 20.8 Å². The lowest BCUT2D eigenvalue weighted by atomic mass is 10.2. The quantitative estimate of drug-likeness (QED) is 0.642. The number of benzene rings is 1. The third-order valence-electron chi connectivity index (χ3n) is 2.76. The van der Waals surface area contributed by atoms with Crippen LogP contribution >= 0.6 is 24.0 Å². The van der Waals surface area contributed by atoms with E-state index in [1.165, 1.54) is 11.8 Å². The molecule has 0 aromatic heterocycles. The van der Waals surface area contributed by atoms with Crippen molar-refractivity contribution in [3.8, 4) is 0 Å². The van der Waals surface area contributed by atoms with Crippen LogP contribution in [-0.4, -0.2) is 32.7 Å². The van der Waals surface area contributed by atoms with Gasteiger partial charge in [-0.2, -0.15) is 0 Å². The number of nitrogens with zero attached hydrogens (tertiary/aromatic N) is 1. The molecule has 1 N–H and O–H groups in total. The summed E-state index contributed by atoms with van der Waals surface area (Å²) in [6.07, 6.45) is 5.72. The number of amides is 1. The second-order valence-corrected chi connectivity index (χ2v) is 7.17. The van der Waals surface area contributed by atoms with E-state index in [1.54, 1.807) is 4.90 Å². The van der Waals surface area contributed by atoms with E-state index in [9.17, 15) is 4.79 Å². The summed E-state index contributed by atoms with van der Waals surface area (Å²) in [5.41, 5.74) is 1.11. The second kappa shape index (κ2) is 10.1. The molecule has 1 heterocycles. The van der Waals surface area contributed by atoms with E-state index >= 15 is 0 Å². The van der Waals surface area contributed by atoms with Gasteiger partial charge in [-0.3, -0.25) is 14.5 Å². The van der Waals surface area contributed by atoms with Crippen LogP contribution in [0.1, 0.15) is 26.3 Å². The molecule has 1 aromatic rings. The van der Waals surface area contributed by atoms with Crippen LogP contribution in [0.4, 0.5) is 0 Å². The third-order valence-corrected chi connectivity index (χ3v) is 4.15. The standard InChI is InChI=1S/C16H17NOS2.C2H4O2/c1-12(2)11-17-15(18)14(20-16(17)19)10-6-9-13-7-4-3-5-8-13;1-2(3)4/h3-10,12H,11H2,1-2H3;1H3,(H,3,4). The summed E-state index contributed by atoms with van der Waals surface area (Å²) in [5.74, 6) is -0.400. The predicted molar refractivity (Wildman–Crippen MR) is 104 cm³/mol. The topological polar surface area (TPSA) is 57.6 Å². The highest BCUT2D eigenvalue weighted by atomic mass is 32.2. The van der Waals surface area contributed by atoms with Crippen LogP contribution < -0.4 is 0 Å². The Balaban J connectivity index is 0.000000648. The van der Waals surface area contributed by atoms with Gasteiger partial charge < -0.3 is 5.11 Å². The summed E-state index contributed by atoms with van der Waals surface area (Å²) in [7, 11) is 0. The molecule has 1 saturated heterocycles. The molecule has 128 valence electrons. The van der Waals surface area contributed by atoms with Crippen molar-refractivity contribution in [2.75, 3.05) is 6.54 Å². The van der Waals surface area contributed by atoms with Crippen LogP contribution in [0, 0.1) is 5.92 Å². The number of carboxylic acids is 1. The number of carboxylic acid groups (broad SMARTS) is 1. The van der Waals surface area contributed by atoms with Crippen LogP contribution in [0.2, 0.25) is 0 Å². The van der Waals surface area contributed by atoms with E-state index < -0.39 is 5.97 Å². The van der Waals surface area contributed by atoms with Crippen molar-refractivity contribution >= 4 is 46.3 Å². The van der Waals surface area contributed by atoms with Gasteiger partial charge in [0.15, 0.2) is 0 Å². The molecule has 24 heavy (non-hydrogen) atoms. The van der Waals surface area contributed by atoms with Crippen molar-refractivity contribution in [3.05, 3.63) is 53.0 Å². The lowest BCUT2D eigenvalue weighted by molar-refractivity contribution is -0.134. The molecule has 1 aromatic carbocycles. The molecule has 1 aliphatic rings. The van der Waals surface area contributed by atoms with E-state index in [0.717, 1.165) is 12.5 Å². The maximum Gasteiger partial charge on any atom is 0.300 e. The molecule has 0 bridgehead atoms. The number of thioether (sulfide) groups is 1. The molecule has 0 atom stereocenters. The first kappa shape index (κ1) is 20.1.